The summed E-state index contributed by atoms with van der Waals surface area (Å²) >= 11 is 0. The standard InChI is InChI=1S/C12H23NO2/c1-10-8-11(5-6-13-10)15-9-12-4-2-3-7-14-12/h10-13H,2-9H2,1H3. The first kappa shape index (κ1) is 11.4. The fraction of sp³-hybridized carbons (Fsp3) is 1.00. The Morgan fingerprint density at radius 1 is 1.33 bits per heavy atom. The average Bonchev–Trinajstić information content (AvgIpc) is 2.28. The van der Waals surface area contributed by atoms with E-state index in [9.17, 15) is 0 Å². The molecule has 1 N–H and O–H groups in total. The molecule has 2 saturated heterocycles. The van der Waals surface area contributed by atoms with Crippen LogP contribution < -0.4 is 5.32 Å². The lowest BCUT2D eigenvalue weighted by atomic mass is 10.0. The first-order chi connectivity index (χ1) is 7.34. The topological polar surface area (TPSA) is 30.5 Å². The van der Waals surface area contributed by atoms with E-state index >= 15 is 0 Å². The number of hydrogen-bond donors (Lipinski definition) is 1. The zero-order valence-corrected chi connectivity index (χ0v) is 9.71. The van der Waals surface area contributed by atoms with Crippen LogP contribution in [0.4, 0.5) is 0 Å². The molecule has 3 unspecified atom stereocenters. The van der Waals surface area contributed by atoms with Crippen LogP contribution in [0.2, 0.25) is 0 Å². The molecule has 0 saturated carbocycles. The van der Waals surface area contributed by atoms with Gasteiger partial charge in [-0.15, -0.1) is 0 Å². The molecule has 2 fully saturated rings. The van der Waals surface area contributed by atoms with Crippen molar-refractivity contribution in [1.82, 2.24) is 5.32 Å². The van der Waals surface area contributed by atoms with Crippen LogP contribution >= 0.6 is 0 Å². The predicted octanol–water partition coefficient (Wildman–Crippen LogP) is 1.71. The molecule has 88 valence electrons. The molecule has 0 aromatic heterocycles. The van der Waals surface area contributed by atoms with Crippen molar-refractivity contribution in [3.05, 3.63) is 0 Å². The molecule has 0 aromatic carbocycles. The van der Waals surface area contributed by atoms with Gasteiger partial charge in [0.1, 0.15) is 0 Å². The minimum atomic E-state index is 0.365. The molecule has 0 aliphatic carbocycles. The van der Waals surface area contributed by atoms with E-state index in [1.165, 1.54) is 19.3 Å². The summed E-state index contributed by atoms with van der Waals surface area (Å²) in [6, 6.07) is 0.607. The quantitative estimate of drug-likeness (QED) is 0.774. The summed E-state index contributed by atoms with van der Waals surface area (Å²) in [5, 5.41) is 3.44. The fourth-order valence-electron chi connectivity index (χ4n) is 2.42. The molecule has 2 aliphatic rings. The second-order valence-electron chi connectivity index (χ2n) is 4.82. The van der Waals surface area contributed by atoms with Gasteiger partial charge in [0, 0.05) is 12.6 Å². The zero-order valence-electron chi connectivity index (χ0n) is 9.71. The largest absolute Gasteiger partial charge is 0.376 e. The highest BCUT2D eigenvalue weighted by Gasteiger charge is 2.21. The molecular formula is C12H23NO2. The van der Waals surface area contributed by atoms with Crippen LogP contribution in [0.5, 0.6) is 0 Å². The first-order valence-corrected chi connectivity index (χ1v) is 6.31. The van der Waals surface area contributed by atoms with Crippen LogP contribution in [-0.4, -0.2) is 38.0 Å². The van der Waals surface area contributed by atoms with Crippen molar-refractivity contribution in [1.29, 1.82) is 0 Å². The van der Waals surface area contributed by atoms with Crippen molar-refractivity contribution in [2.45, 2.75) is 57.3 Å². The van der Waals surface area contributed by atoms with Gasteiger partial charge in [0.25, 0.3) is 0 Å². The third-order valence-corrected chi connectivity index (χ3v) is 3.37. The van der Waals surface area contributed by atoms with Crippen LogP contribution in [0.1, 0.15) is 39.0 Å². The molecule has 2 heterocycles. The Kier molecular flexibility index (Phi) is 4.42. The van der Waals surface area contributed by atoms with E-state index in [2.05, 4.69) is 12.2 Å². The van der Waals surface area contributed by atoms with Crippen molar-refractivity contribution in [3.8, 4) is 0 Å². The lowest BCUT2D eigenvalue weighted by Crippen LogP contribution is -2.40. The highest BCUT2D eigenvalue weighted by Crippen LogP contribution is 2.16. The van der Waals surface area contributed by atoms with Gasteiger partial charge in [0.2, 0.25) is 0 Å². The lowest BCUT2D eigenvalue weighted by molar-refractivity contribution is -0.0709. The molecule has 3 heteroatoms. The molecule has 3 atom stereocenters. The Hall–Kier alpha value is -0.120. The SMILES string of the molecule is CC1CC(OCC2CCCCO2)CCN1. The van der Waals surface area contributed by atoms with E-state index in [0.29, 0.717) is 18.2 Å². The molecule has 0 aromatic rings. The number of piperidine rings is 1. The number of hydrogen-bond acceptors (Lipinski definition) is 3. The van der Waals surface area contributed by atoms with E-state index in [4.69, 9.17) is 9.47 Å². The zero-order chi connectivity index (χ0) is 10.5. The molecular weight excluding hydrogens is 190 g/mol. The summed E-state index contributed by atoms with van der Waals surface area (Å²) in [4.78, 5) is 0. The van der Waals surface area contributed by atoms with Gasteiger partial charge in [-0.3, -0.25) is 0 Å². The summed E-state index contributed by atoms with van der Waals surface area (Å²) in [5.41, 5.74) is 0. The summed E-state index contributed by atoms with van der Waals surface area (Å²) in [7, 11) is 0. The van der Waals surface area contributed by atoms with Crippen molar-refractivity contribution >= 4 is 0 Å². The summed E-state index contributed by atoms with van der Waals surface area (Å²) in [5.74, 6) is 0. The van der Waals surface area contributed by atoms with Gasteiger partial charge in [0.15, 0.2) is 0 Å². The summed E-state index contributed by atoms with van der Waals surface area (Å²) in [6.07, 6.45) is 6.82. The van der Waals surface area contributed by atoms with Gasteiger partial charge >= 0.3 is 0 Å². The molecule has 3 nitrogen and oxygen atoms in total. The Morgan fingerprint density at radius 3 is 3.00 bits per heavy atom. The molecule has 15 heavy (non-hydrogen) atoms. The van der Waals surface area contributed by atoms with E-state index in [1.807, 2.05) is 0 Å². The highest BCUT2D eigenvalue weighted by atomic mass is 16.5. The van der Waals surface area contributed by atoms with Gasteiger partial charge in [-0.05, 0) is 45.6 Å². The summed E-state index contributed by atoms with van der Waals surface area (Å²) in [6.45, 7) is 5.05. The monoisotopic (exact) mass is 213 g/mol. The fourth-order valence-corrected chi connectivity index (χ4v) is 2.42. The maximum atomic E-state index is 5.93. The smallest absolute Gasteiger partial charge is 0.0808 e. The van der Waals surface area contributed by atoms with Crippen LogP contribution in [0.15, 0.2) is 0 Å². The van der Waals surface area contributed by atoms with E-state index < -0.39 is 0 Å². The van der Waals surface area contributed by atoms with Crippen LogP contribution in [0.25, 0.3) is 0 Å². The van der Waals surface area contributed by atoms with Gasteiger partial charge < -0.3 is 14.8 Å². The second-order valence-corrected chi connectivity index (χ2v) is 4.82. The number of ether oxygens (including phenoxy) is 2. The number of rotatable bonds is 3. The van der Waals surface area contributed by atoms with Gasteiger partial charge in [-0.25, -0.2) is 0 Å². The predicted molar refractivity (Wildman–Crippen MR) is 60.0 cm³/mol. The lowest BCUT2D eigenvalue weighted by Gasteiger charge is -2.30. The summed E-state index contributed by atoms with van der Waals surface area (Å²) < 4.78 is 11.6. The van der Waals surface area contributed by atoms with Crippen LogP contribution in [0.3, 0.4) is 0 Å². The van der Waals surface area contributed by atoms with Crippen LogP contribution in [-0.2, 0) is 9.47 Å². The van der Waals surface area contributed by atoms with Crippen molar-refractivity contribution in [2.75, 3.05) is 19.8 Å². The molecule has 0 amide bonds. The Bertz CT molecular complexity index is 180. The molecule has 0 radical (unpaired) electrons. The maximum absolute atomic E-state index is 5.93. The average molecular weight is 213 g/mol. The van der Waals surface area contributed by atoms with Crippen molar-refractivity contribution < 1.29 is 9.47 Å². The first-order valence-electron chi connectivity index (χ1n) is 6.31. The van der Waals surface area contributed by atoms with E-state index in [0.717, 1.165) is 32.6 Å². The minimum Gasteiger partial charge on any atom is -0.376 e. The van der Waals surface area contributed by atoms with E-state index in [-0.39, 0.29) is 0 Å². The van der Waals surface area contributed by atoms with Gasteiger partial charge in [-0.1, -0.05) is 0 Å². The van der Waals surface area contributed by atoms with E-state index in [1.54, 1.807) is 0 Å². The maximum Gasteiger partial charge on any atom is 0.0808 e. The molecule has 2 rings (SSSR count). The third-order valence-electron chi connectivity index (χ3n) is 3.37. The molecule has 0 spiro atoms. The van der Waals surface area contributed by atoms with Gasteiger partial charge in [-0.2, -0.15) is 0 Å². The molecule has 2 aliphatic heterocycles. The van der Waals surface area contributed by atoms with Crippen molar-refractivity contribution in [2.24, 2.45) is 0 Å². The third kappa shape index (κ3) is 3.74. The highest BCUT2D eigenvalue weighted by molar-refractivity contribution is 4.76. The minimum absolute atomic E-state index is 0.365. The second kappa shape index (κ2) is 5.83. The van der Waals surface area contributed by atoms with Crippen LogP contribution in [0, 0.1) is 0 Å². The van der Waals surface area contributed by atoms with Gasteiger partial charge in [0.05, 0.1) is 18.8 Å². The Balaban J connectivity index is 1.63. The Labute approximate surface area is 92.5 Å². The van der Waals surface area contributed by atoms with Crippen molar-refractivity contribution in [3.63, 3.8) is 0 Å². The Morgan fingerprint density at radius 2 is 2.27 bits per heavy atom. The normalized spacial score (nSPS) is 37.8. The number of nitrogens with one attached hydrogen (secondary N) is 1. The molecule has 0 bridgehead atoms.